The van der Waals surface area contributed by atoms with E-state index in [2.05, 4.69) is 17.1 Å². The van der Waals surface area contributed by atoms with Crippen LogP contribution in [0.2, 0.25) is 0 Å². The molecule has 1 amide bonds. The number of amides is 1. The number of nitrogens with zero attached hydrogens (tertiary/aromatic N) is 3. The lowest BCUT2D eigenvalue weighted by Gasteiger charge is -2.16. The van der Waals surface area contributed by atoms with Crippen LogP contribution in [0.15, 0.2) is 57.9 Å². The first-order valence-electron chi connectivity index (χ1n) is 8.56. The minimum atomic E-state index is -0.0762. The number of aromatic nitrogens is 2. The molecule has 1 aromatic heterocycles. The Morgan fingerprint density at radius 2 is 2.04 bits per heavy atom. The van der Waals surface area contributed by atoms with Crippen LogP contribution < -0.4 is 4.74 Å². The number of thioether (sulfide) groups is 1. The summed E-state index contributed by atoms with van der Waals surface area (Å²) in [6.45, 7) is 2.30. The van der Waals surface area contributed by atoms with Crippen molar-refractivity contribution >= 4 is 17.7 Å². The van der Waals surface area contributed by atoms with Crippen molar-refractivity contribution in [3.05, 3.63) is 60.0 Å². The Labute approximate surface area is 162 Å². The Bertz CT molecular complexity index is 926. The maximum atomic E-state index is 12.8. The number of methoxy groups -OCH3 is 1. The Morgan fingerprint density at radius 3 is 2.81 bits per heavy atom. The van der Waals surface area contributed by atoms with E-state index in [0.717, 1.165) is 22.0 Å². The number of hydrogen-bond acceptors (Lipinski definition) is 6. The van der Waals surface area contributed by atoms with E-state index in [9.17, 15) is 4.79 Å². The topological polar surface area (TPSA) is 68.5 Å². The summed E-state index contributed by atoms with van der Waals surface area (Å²) < 4.78 is 10.5. The van der Waals surface area contributed by atoms with Crippen molar-refractivity contribution in [3.8, 4) is 17.1 Å². The maximum Gasteiger partial charge on any atom is 0.255 e. The highest BCUT2D eigenvalue weighted by Crippen LogP contribution is 2.24. The molecule has 3 rings (SSSR count). The lowest BCUT2D eigenvalue weighted by molar-refractivity contribution is 0.0766. The van der Waals surface area contributed by atoms with Crippen molar-refractivity contribution in [2.45, 2.75) is 18.4 Å². The molecule has 0 saturated heterocycles. The van der Waals surface area contributed by atoms with Crippen LogP contribution in [-0.4, -0.2) is 40.9 Å². The second kappa shape index (κ2) is 8.73. The number of benzene rings is 2. The fourth-order valence-electron chi connectivity index (χ4n) is 2.60. The summed E-state index contributed by atoms with van der Waals surface area (Å²) in [5.41, 5.74) is 1.47. The molecule has 0 aliphatic heterocycles. The van der Waals surface area contributed by atoms with Gasteiger partial charge in [-0.15, -0.1) is 11.8 Å². The molecule has 0 radical (unpaired) electrons. The van der Waals surface area contributed by atoms with Crippen molar-refractivity contribution < 1.29 is 14.1 Å². The smallest absolute Gasteiger partial charge is 0.255 e. The highest BCUT2D eigenvalue weighted by Gasteiger charge is 2.18. The van der Waals surface area contributed by atoms with Crippen molar-refractivity contribution in [1.29, 1.82) is 0 Å². The van der Waals surface area contributed by atoms with E-state index in [0.29, 0.717) is 17.3 Å². The van der Waals surface area contributed by atoms with Gasteiger partial charge in [-0.05, 0) is 30.0 Å². The predicted molar refractivity (Wildman–Crippen MR) is 105 cm³/mol. The summed E-state index contributed by atoms with van der Waals surface area (Å²) in [6, 6.07) is 15.0. The summed E-state index contributed by atoms with van der Waals surface area (Å²) in [6.07, 6.45) is 0. The van der Waals surface area contributed by atoms with E-state index < -0.39 is 0 Å². The number of rotatable bonds is 7. The largest absolute Gasteiger partial charge is 0.497 e. The van der Waals surface area contributed by atoms with Gasteiger partial charge >= 0.3 is 0 Å². The lowest BCUT2D eigenvalue weighted by Crippen LogP contribution is -2.26. The first-order chi connectivity index (χ1) is 13.1. The molecule has 3 aromatic rings. The molecule has 0 N–H and O–H groups in total. The maximum absolute atomic E-state index is 12.8. The fraction of sp³-hybridized carbons (Fsp3) is 0.250. The van der Waals surface area contributed by atoms with E-state index in [1.54, 1.807) is 30.8 Å². The Morgan fingerprint density at radius 1 is 1.22 bits per heavy atom. The van der Waals surface area contributed by atoms with Crippen LogP contribution in [0.1, 0.15) is 23.2 Å². The zero-order valence-electron chi connectivity index (χ0n) is 15.5. The lowest BCUT2D eigenvalue weighted by atomic mass is 10.2. The van der Waals surface area contributed by atoms with E-state index in [-0.39, 0.29) is 12.5 Å². The Balaban J connectivity index is 1.74. The van der Waals surface area contributed by atoms with Gasteiger partial charge in [0, 0.05) is 17.5 Å². The van der Waals surface area contributed by atoms with Crippen molar-refractivity contribution in [2.75, 3.05) is 19.9 Å². The molecule has 0 spiro atoms. The second-order valence-electron chi connectivity index (χ2n) is 5.83. The van der Waals surface area contributed by atoms with Crippen LogP contribution >= 0.6 is 11.8 Å². The van der Waals surface area contributed by atoms with Gasteiger partial charge in [-0.2, -0.15) is 4.98 Å². The molecular weight excluding hydrogens is 362 g/mol. The highest BCUT2D eigenvalue weighted by atomic mass is 32.2. The SMILES string of the molecule is CCSc1ccccc1C(=O)N(C)Cc1nc(-c2cccc(OC)c2)no1. The van der Waals surface area contributed by atoms with Gasteiger partial charge in [-0.1, -0.05) is 36.3 Å². The molecule has 27 heavy (non-hydrogen) atoms. The Kier molecular flexibility index (Phi) is 6.13. The van der Waals surface area contributed by atoms with Gasteiger partial charge in [-0.25, -0.2) is 0 Å². The monoisotopic (exact) mass is 383 g/mol. The van der Waals surface area contributed by atoms with Crippen LogP contribution in [-0.2, 0) is 6.54 Å². The first-order valence-corrected chi connectivity index (χ1v) is 9.55. The molecule has 0 unspecified atom stereocenters. The minimum absolute atomic E-state index is 0.0762. The van der Waals surface area contributed by atoms with E-state index in [1.807, 2.05) is 48.5 Å². The molecule has 0 fully saturated rings. The average Bonchev–Trinajstić information content (AvgIpc) is 3.16. The first kappa shape index (κ1) is 19.0. The minimum Gasteiger partial charge on any atom is -0.497 e. The van der Waals surface area contributed by atoms with E-state index in [1.165, 1.54) is 0 Å². The molecular formula is C20H21N3O3S. The predicted octanol–water partition coefficient (Wildman–Crippen LogP) is 4.13. The quantitative estimate of drug-likeness (QED) is 0.572. The Hall–Kier alpha value is -2.80. The zero-order chi connectivity index (χ0) is 19.2. The third-order valence-electron chi connectivity index (χ3n) is 3.93. The summed E-state index contributed by atoms with van der Waals surface area (Å²) in [5, 5.41) is 4.01. The van der Waals surface area contributed by atoms with Crippen molar-refractivity contribution in [1.82, 2.24) is 15.0 Å². The molecule has 140 valence electrons. The highest BCUT2D eigenvalue weighted by molar-refractivity contribution is 7.99. The van der Waals surface area contributed by atoms with Crippen LogP contribution in [0.3, 0.4) is 0 Å². The third kappa shape index (κ3) is 4.49. The number of carbonyl (C=O) groups excluding carboxylic acids is 1. The van der Waals surface area contributed by atoms with Crippen molar-refractivity contribution in [3.63, 3.8) is 0 Å². The molecule has 0 saturated carbocycles. The molecule has 0 bridgehead atoms. The average molecular weight is 383 g/mol. The van der Waals surface area contributed by atoms with Crippen LogP contribution in [0.4, 0.5) is 0 Å². The number of hydrogen-bond donors (Lipinski definition) is 0. The number of ether oxygens (including phenoxy) is 1. The second-order valence-corrected chi connectivity index (χ2v) is 7.14. The zero-order valence-corrected chi connectivity index (χ0v) is 16.3. The standard InChI is InChI=1S/C20H21N3O3S/c1-4-27-17-11-6-5-10-16(17)20(24)23(2)13-18-21-19(22-26-18)14-8-7-9-15(12-14)25-3/h5-12H,4,13H2,1-3H3. The third-order valence-corrected chi connectivity index (χ3v) is 4.89. The van der Waals surface area contributed by atoms with E-state index >= 15 is 0 Å². The van der Waals surface area contributed by atoms with Crippen LogP contribution in [0.5, 0.6) is 5.75 Å². The normalized spacial score (nSPS) is 10.6. The molecule has 0 aliphatic carbocycles. The van der Waals surface area contributed by atoms with Gasteiger partial charge in [-0.3, -0.25) is 4.79 Å². The molecule has 1 heterocycles. The summed E-state index contributed by atoms with van der Waals surface area (Å²) in [7, 11) is 3.33. The number of carbonyl (C=O) groups is 1. The van der Waals surface area contributed by atoms with Gasteiger partial charge < -0.3 is 14.2 Å². The van der Waals surface area contributed by atoms with Gasteiger partial charge in [0.2, 0.25) is 11.7 Å². The van der Waals surface area contributed by atoms with Gasteiger partial charge in [0.1, 0.15) is 5.75 Å². The van der Waals surface area contributed by atoms with Crippen molar-refractivity contribution in [2.24, 2.45) is 0 Å². The molecule has 6 nitrogen and oxygen atoms in total. The summed E-state index contributed by atoms with van der Waals surface area (Å²) in [5.74, 6) is 2.39. The molecule has 0 aliphatic rings. The summed E-state index contributed by atoms with van der Waals surface area (Å²) >= 11 is 1.65. The molecule has 2 aromatic carbocycles. The van der Waals surface area contributed by atoms with Gasteiger partial charge in [0.05, 0.1) is 19.2 Å². The molecule has 7 heteroatoms. The van der Waals surface area contributed by atoms with E-state index in [4.69, 9.17) is 9.26 Å². The van der Waals surface area contributed by atoms with Gasteiger partial charge in [0.15, 0.2) is 0 Å². The van der Waals surface area contributed by atoms with Gasteiger partial charge in [0.25, 0.3) is 5.91 Å². The van der Waals surface area contributed by atoms with Crippen LogP contribution in [0, 0.1) is 0 Å². The summed E-state index contributed by atoms with van der Waals surface area (Å²) in [4.78, 5) is 19.8. The van der Waals surface area contributed by atoms with Crippen LogP contribution in [0.25, 0.3) is 11.4 Å². The fourth-order valence-corrected chi connectivity index (χ4v) is 3.40. The molecule has 0 atom stereocenters.